The molecule has 0 spiro atoms. The maximum Gasteiger partial charge on any atom is 0.311 e. The predicted molar refractivity (Wildman–Crippen MR) is 80.6 cm³/mol. The topological polar surface area (TPSA) is 46.6 Å². The van der Waals surface area contributed by atoms with E-state index in [0.29, 0.717) is 5.76 Å². The average Bonchev–Trinajstić information content (AvgIpc) is 2.44. The van der Waals surface area contributed by atoms with E-state index < -0.39 is 10.1 Å². The van der Waals surface area contributed by atoms with Gasteiger partial charge in [-0.25, -0.2) is 0 Å². The van der Waals surface area contributed by atoms with Crippen molar-refractivity contribution in [3.63, 3.8) is 0 Å². The lowest BCUT2D eigenvalue weighted by atomic mass is 10.0. The summed E-state index contributed by atoms with van der Waals surface area (Å²) in [6.45, 7) is 7.67. The molecule has 1 aliphatic heterocycles. The zero-order valence-electron chi connectivity index (χ0n) is 12.2. The molecule has 1 aromatic rings. The highest BCUT2D eigenvalue weighted by Crippen LogP contribution is 2.31. The molecule has 0 saturated heterocycles. The molecule has 0 amide bonds. The maximum absolute atomic E-state index is 12.0. The van der Waals surface area contributed by atoms with Gasteiger partial charge in [-0.15, -0.1) is 0 Å². The third-order valence-corrected chi connectivity index (χ3v) is 4.86. The molecule has 1 aliphatic rings. The highest BCUT2D eigenvalue weighted by atomic mass is 32.2. The van der Waals surface area contributed by atoms with E-state index in [2.05, 4.69) is 4.90 Å². The molecule has 5 heteroatoms. The summed E-state index contributed by atoms with van der Waals surface area (Å²) < 4.78 is 29.4. The van der Waals surface area contributed by atoms with E-state index in [1.807, 2.05) is 51.1 Å². The Morgan fingerprint density at radius 3 is 2.35 bits per heavy atom. The minimum atomic E-state index is -3.53. The summed E-state index contributed by atoms with van der Waals surface area (Å²) in [5.41, 5.74) is 1.79. The molecular formula is C15H21NO3S. The number of benzene rings is 1. The van der Waals surface area contributed by atoms with Gasteiger partial charge >= 0.3 is 10.1 Å². The highest BCUT2D eigenvalue weighted by Gasteiger charge is 2.34. The summed E-state index contributed by atoms with van der Waals surface area (Å²) in [6, 6.07) is 9.30. The number of nitrogens with zero attached hydrogens (tertiary/aromatic N) is 1. The molecule has 20 heavy (non-hydrogen) atoms. The molecule has 110 valence electrons. The second-order valence-corrected chi connectivity index (χ2v) is 6.54. The zero-order valence-corrected chi connectivity index (χ0v) is 13.0. The first-order valence-corrected chi connectivity index (χ1v) is 8.48. The van der Waals surface area contributed by atoms with Gasteiger partial charge in [-0.3, -0.25) is 4.90 Å². The van der Waals surface area contributed by atoms with Gasteiger partial charge in [0.25, 0.3) is 0 Å². The van der Waals surface area contributed by atoms with Crippen molar-refractivity contribution in [1.29, 1.82) is 0 Å². The Hall–Kier alpha value is -1.33. The zero-order chi connectivity index (χ0) is 14.8. The van der Waals surface area contributed by atoms with Crippen LogP contribution in [0.3, 0.4) is 0 Å². The van der Waals surface area contributed by atoms with Crippen molar-refractivity contribution in [2.24, 2.45) is 0 Å². The summed E-state index contributed by atoms with van der Waals surface area (Å²) in [6.07, 6.45) is 0. The largest absolute Gasteiger partial charge is 0.382 e. The van der Waals surface area contributed by atoms with Gasteiger partial charge in [-0.2, -0.15) is 8.42 Å². The van der Waals surface area contributed by atoms with Gasteiger partial charge in [0.1, 0.15) is 11.5 Å². The van der Waals surface area contributed by atoms with Crippen LogP contribution in [0, 0.1) is 0 Å². The van der Waals surface area contributed by atoms with Crippen LogP contribution in [0.25, 0.3) is 5.76 Å². The van der Waals surface area contributed by atoms with Gasteiger partial charge in [0.05, 0.1) is 6.04 Å². The van der Waals surface area contributed by atoms with Crippen LogP contribution in [0.1, 0.15) is 26.3 Å². The molecule has 1 atom stereocenters. The molecule has 2 rings (SSSR count). The Balaban J connectivity index is 2.49. The van der Waals surface area contributed by atoms with Crippen LogP contribution in [0.2, 0.25) is 0 Å². The molecule has 0 N–H and O–H groups in total. The Bertz CT molecular complexity index is 589. The normalized spacial score (nSPS) is 21.9. The van der Waals surface area contributed by atoms with Gasteiger partial charge < -0.3 is 4.18 Å². The van der Waals surface area contributed by atoms with E-state index in [0.717, 1.165) is 24.2 Å². The minimum absolute atomic E-state index is 0.0246. The summed E-state index contributed by atoms with van der Waals surface area (Å²) >= 11 is 0. The number of hydrogen-bond acceptors (Lipinski definition) is 4. The van der Waals surface area contributed by atoms with E-state index >= 15 is 0 Å². The Kier molecular flexibility index (Phi) is 4.50. The first-order valence-electron chi connectivity index (χ1n) is 6.91. The Morgan fingerprint density at radius 2 is 1.80 bits per heavy atom. The first-order chi connectivity index (χ1) is 9.48. The van der Waals surface area contributed by atoms with Gasteiger partial charge in [0.2, 0.25) is 0 Å². The summed E-state index contributed by atoms with van der Waals surface area (Å²) in [5, 5.41) is 0. The Labute approximate surface area is 121 Å². The van der Waals surface area contributed by atoms with Gasteiger partial charge in [-0.1, -0.05) is 44.2 Å². The van der Waals surface area contributed by atoms with Crippen LogP contribution >= 0.6 is 0 Å². The molecule has 0 aromatic heterocycles. The minimum Gasteiger partial charge on any atom is -0.382 e. The van der Waals surface area contributed by atoms with Crippen molar-refractivity contribution in [2.75, 3.05) is 18.8 Å². The third-order valence-electron chi connectivity index (χ3n) is 3.72. The molecule has 4 nitrogen and oxygen atoms in total. The van der Waals surface area contributed by atoms with Gasteiger partial charge in [0.15, 0.2) is 0 Å². The van der Waals surface area contributed by atoms with E-state index in [1.165, 1.54) is 0 Å². The summed E-state index contributed by atoms with van der Waals surface area (Å²) in [4.78, 5) is 2.15. The van der Waals surface area contributed by atoms with E-state index in [4.69, 9.17) is 4.18 Å². The quantitative estimate of drug-likeness (QED) is 0.801. The lowest BCUT2D eigenvalue weighted by molar-refractivity contribution is 0.249. The van der Waals surface area contributed by atoms with Crippen LogP contribution in [0.15, 0.2) is 35.9 Å². The lowest BCUT2D eigenvalue weighted by Crippen LogP contribution is -2.43. The fourth-order valence-electron chi connectivity index (χ4n) is 2.61. The molecule has 0 radical (unpaired) electrons. The molecule has 1 heterocycles. The SMILES string of the molecule is CCN(CC)[C@H]1CS(=O)(=O)OC(c2ccccc2)=C1C. The molecule has 0 bridgehead atoms. The lowest BCUT2D eigenvalue weighted by Gasteiger charge is -2.34. The monoisotopic (exact) mass is 295 g/mol. The predicted octanol–water partition coefficient (Wildman–Crippen LogP) is 2.49. The van der Waals surface area contributed by atoms with Crippen LogP contribution in [0.4, 0.5) is 0 Å². The van der Waals surface area contributed by atoms with Crippen molar-refractivity contribution in [3.8, 4) is 0 Å². The second kappa shape index (κ2) is 5.97. The number of likely N-dealkylation sites (N-methyl/N-ethyl adjacent to an activating group) is 1. The van der Waals surface area contributed by atoms with E-state index in [-0.39, 0.29) is 11.8 Å². The van der Waals surface area contributed by atoms with Crippen molar-refractivity contribution in [3.05, 3.63) is 41.5 Å². The Morgan fingerprint density at radius 1 is 1.20 bits per heavy atom. The molecule has 0 unspecified atom stereocenters. The molecule has 0 aliphatic carbocycles. The van der Waals surface area contributed by atoms with E-state index in [1.54, 1.807) is 0 Å². The van der Waals surface area contributed by atoms with Crippen molar-refractivity contribution >= 4 is 15.9 Å². The number of rotatable bonds is 4. The molecule has 1 aromatic carbocycles. The molecule has 0 fully saturated rings. The first kappa shape index (κ1) is 15.1. The van der Waals surface area contributed by atoms with Crippen LogP contribution in [-0.4, -0.2) is 38.2 Å². The van der Waals surface area contributed by atoms with Crippen molar-refractivity contribution in [2.45, 2.75) is 26.8 Å². The van der Waals surface area contributed by atoms with Crippen molar-refractivity contribution < 1.29 is 12.6 Å². The van der Waals surface area contributed by atoms with Crippen LogP contribution in [0.5, 0.6) is 0 Å². The fraction of sp³-hybridized carbons (Fsp3) is 0.467. The molecule has 0 saturated carbocycles. The number of hydrogen-bond donors (Lipinski definition) is 0. The average molecular weight is 295 g/mol. The summed E-state index contributed by atoms with van der Waals surface area (Å²) in [7, 11) is -3.53. The van der Waals surface area contributed by atoms with Gasteiger partial charge in [0, 0.05) is 5.56 Å². The van der Waals surface area contributed by atoms with Gasteiger partial charge in [-0.05, 0) is 25.6 Å². The fourth-order valence-corrected chi connectivity index (χ4v) is 4.00. The highest BCUT2D eigenvalue weighted by molar-refractivity contribution is 7.87. The molecular weight excluding hydrogens is 274 g/mol. The second-order valence-electron chi connectivity index (χ2n) is 4.92. The standard InChI is InChI=1S/C15H21NO3S/c1-4-16(5-2)14-11-20(17,18)19-15(12(14)3)13-9-7-6-8-10-13/h6-10,14H,4-5,11H2,1-3H3/t14-/m0/s1. The summed E-state index contributed by atoms with van der Waals surface area (Å²) in [5.74, 6) is 0.505. The van der Waals surface area contributed by atoms with Crippen LogP contribution < -0.4 is 0 Å². The third kappa shape index (κ3) is 3.04. The smallest absolute Gasteiger partial charge is 0.311 e. The maximum atomic E-state index is 12.0. The van der Waals surface area contributed by atoms with Crippen molar-refractivity contribution in [1.82, 2.24) is 4.90 Å². The van der Waals surface area contributed by atoms with E-state index in [9.17, 15) is 8.42 Å². The van der Waals surface area contributed by atoms with Crippen LogP contribution in [-0.2, 0) is 14.3 Å².